The van der Waals surface area contributed by atoms with Crippen LogP contribution in [0, 0.1) is 108 Å². The maximum absolute atomic E-state index is 5.27. The second kappa shape index (κ2) is 47.9. The molecule has 0 aromatic heterocycles. The molecule has 3 heterocycles. The number of rotatable bonds is 17. The van der Waals surface area contributed by atoms with E-state index in [0.29, 0.717) is 18.1 Å². The van der Waals surface area contributed by atoms with Crippen molar-refractivity contribution in [3.05, 3.63) is 24.3 Å². The minimum atomic E-state index is 0. The predicted octanol–water partition coefficient (Wildman–Crippen LogP) is 9.10. The van der Waals surface area contributed by atoms with Crippen molar-refractivity contribution >= 4 is 34.7 Å². The number of unbranched alkanes of at least 4 members (excludes halogenated alkanes) is 10. The molecule has 302 valence electrons. The molecule has 3 rings (SSSR count). The van der Waals surface area contributed by atoms with Gasteiger partial charge in [-0.05, 0) is 146 Å². The average Bonchev–Trinajstić information content (AvgIpc) is 4.09. The minimum Gasteiger partial charge on any atom is -1.00 e. The molecule has 0 radical (unpaired) electrons. The average molecular weight is 825 g/mol. The molecule has 3 nitrogen and oxygen atoms in total. The number of alkyl halides is 1. The molecule has 0 aliphatic carbocycles. The fourth-order valence-corrected chi connectivity index (χ4v) is 4.06. The second-order valence-electron chi connectivity index (χ2n) is 11.1. The van der Waals surface area contributed by atoms with Crippen LogP contribution in [0.4, 0.5) is 0 Å². The maximum atomic E-state index is 5.27. The van der Waals surface area contributed by atoms with Gasteiger partial charge < -0.3 is 32.6 Å². The van der Waals surface area contributed by atoms with Gasteiger partial charge in [-0.3, -0.25) is 0 Å². The van der Waals surface area contributed by atoms with Crippen LogP contribution in [-0.2, 0) is 14.2 Å². The first kappa shape index (κ1) is 53.3. The molecule has 0 bridgehead atoms. The zero-order valence-electron chi connectivity index (χ0n) is 32.2. The summed E-state index contributed by atoms with van der Waals surface area (Å²) in [4.78, 5) is 0. The van der Waals surface area contributed by atoms with E-state index in [0.717, 1.165) is 32.8 Å². The van der Waals surface area contributed by atoms with Crippen molar-refractivity contribution in [1.29, 1.82) is 0 Å². The Balaban J connectivity index is -0.0000000282. The van der Waals surface area contributed by atoms with Crippen LogP contribution in [0.15, 0.2) is 24.3 Å². The smallest absolute Gasteiger partial charge is 1.00 e. The van der Waals surface area contributed by atoms with Crippen LogP contribution in [0.1, 0.15) is 132 Å². The normalized spacial score (nSPS) is 14.4. The Kier molecular flexibility index (Phi) is 49.1. The zero-order valence-corrected chi connectivity index (χ0v) is 34.9. The van der Waals surface area contributed by atoms with Crippen LogP contribution in [0.25, 0.3) is 0 Å². The van der Waals surface area contributed by atoms with Crippen molar-refractivity contribution in [2.45, 2.75) is 122 Å². The first-order chi connectivity index (χ1) is 24.8. The summed E-state index contributed by atoms with van der Waals surface area (Å²) in [6, 6.07) is 0. The standard InChI is InChI=1S/C21H38O.C18H2.C4H8O.C3H5ClO.BrH.Mg.15H2.H/c1-2-3-4-5-6-7-8-9-10-11-12-13-14-15-16-17-18-19-21-20-22-21;1-3-5-7-9-11-13-15-17-18-16-14-12-10-8-6-4-2;1-2-4-5-3-1;4-1-3-2-5-3;;;;;;;;;;;;;;;;;;/h6-7,9-10,21H,2-5,8,11-20H2,1H3;1-2H;1-4H2;3H,1-2H2;1H;;15*1H;/q;;;;;+2;;;;;;;;;;;;;;;;-1/p-1/b7-6-,10-9-;;;;;;;;;;;;;;;;;;;;;/t21-;;;3-;;;;;;;;;;;;;;;;;;/m0..1................../s1. The fourth-order valence-electron chi connectivity index (χ4n) is 3.89. The summed E-state index contributed by atoms with van der Waals surface area (Å²) in [6.07, 6.45) is 41.5. The van der Waals surface area contributed by atoms with Crippen LogP contribution in [-0.4, -0.2) is 67.6 Å². The van der Waals surface area contributed by atoms with E-state index in [4.69, 9.17) is 38.7 Å². The van der Waals surface area contributed by atoms with Crippen LogP contribution in [0.5, 0.6) is 0 Å². The number of terminal acetylenes is 2. The second-order valence-corrected chi connectivity index (χ2v) is 11.5. The molecule has 2 atom stereocenters. The molecule has 0 amide bonds. The van der Waals surface area contributed by atoms with Gasteiger partial charge in [0, 0.05) is 34.6 Å². The third-order valence-corrected chi connectivity index (χ3v) is 7.08. The number of hydrogen-bond acceptors (Lipinski definition) is 3. The van der Waals surface area contributed by atoms with Crippen LogP contribution >= 0.6 is 11.6 Å². The third kappa shape index (κ3) is 51.3. The molecule has 3 saturated heterocycles. The summed E-state index contributed by atoms with van der Waals surface area (Å²) >= 11 is 5.27. The summed E-state index contributed by atoms with van der Waals surface area (Å²) in [5, 5.41) is 0. The van der Waals surface area contributed by atoms with E-state index in [1.807, 2.05) is 0 Å². The number of allylic oxidation sites excluding steroid dienone is 4. The Morgan fingerprint density at radius 1 is 0.596 bits per heavy atom. The molecule has 52 heavy (non-hydrogen) atoms. The van der Waals surface area contributed by atoms with Gasteiger partial charge >= 0.3 is 23.1 Å². The summed E-state index contributed by atoms with van der Waals surface area (Å²) in [6.45, 7) is 6.17. The monoisotopic (exact) mass is 823 g/mol. The zero-order chi connectivity index (χ0) is 36.3. The number of ether oxygens (including phenoxy) is 3. The van der Waals surface area contributed by atoms with Gasteiger partial charge in [-0.2, -0.15) is 0 Å². The molecule has 0 spiro atoms. The largest absolute Gasteiger partial charge is 2.00 e. The summed E-state index contributed by atoms with van der Waals surface area (Å²) < 4.78 is 14.9. The van der Waals surface area contributed by atoms with Gasteiger partial charge in [-0.1, -0.05) is 82.6 Å². The first-order valence-corrected chi connectivity index (χ1v) is 18.4. The molecule has 3 aliphatic rings. The van der Waals surface area contributed by atoms with Gasteiger partial charge in [0.15, 0.2) is 0 Å². The van der Waals surface area contributed by atoms with Crippen molar-refractivity contribution in [3.8, 4) is 108 Å². The number of hydrogen-bond donors (Lipinski definition) is 0. The summed E-state index contributed by atoms with van der Waals surface area (Å²) in [5.74, 6) is 38.9. The molecular weight excluding hydrogens is 740 g/mol. The van der Waals surface area contributed by atoms with Crippen LogP contribution in [0.2, 0.25) is 0 Å². The van der Waals surface area contributed by atoms with Gasteiger partial charge in [0.1, 0.15) is 0 Å². The molecule has 0 unspecified atom stereocenters. The van der Waals surface area contributed by atoms with E-state index in [1.165, 1.54) is 96.3 Å². The minimum absolute atomic E-state index is 0. The predicted molar refractivity (Wildman–Crippen MR) is 250 cm³/mol. The van der Waals surface area contributed by atoms with Gasteiger partial charge in [0.05, 0.1) is 31.3 Å². The maximum Gasteiger partial charge on any atom is 2.00 e. The Labute approximate surface area is 373 Å². The summed E-state index contributed by atoms with van der Waals surface area (Å²) in [7, 11) is 0. The van der Waals surface area contributed by atoms with Crippen LogP contribution < -0.4 is 17.0 Å². The van der Waals surface area contributed by atoms with E-state index in [1.54, 1.807) is 0 Å². The van der Waals surface area contributed by atoms with Crippen molar-refractivity contribution in [2.24, 2.45) is 0 Å². The fraction of sp³-hybridized carbons (Fsp3) is 0.522. The number of epoxide rings is 2. The van der Waals surface area contributed by atoms with Gasteiger partial charge in [-0.15, -0.1) is 24.4 Å². The summed E-state index contributed by atoms with van der Waals surface area (Å²) in [5.41, 5.74) is 0. The third-order valence-electron chi connectivity index (χ3n) is 6.74. The Morgan fingerprint density at radius 3 is 1.31 bits per heavy atom. The van der Waals surface area contributed by atoms with Gasteiger partial charge in [-0.25, -0.2) is 0 Å². The molecule has 0 saturated carbocycles. The molecule has 3 aliphatic heterocycles. The SMILES string of the molecule is C#CC#CC#CC#CC#CC#CC#CC#CC#C.C1CCOC1.CCCCC/C=C\C/C=C\CCCCCCCCC[C@H]1CO1.ClC[C@@H]1CO1.[Br-].[H-].[HH].[HH].[HH].[HH].[HH].[HH].[HH].[HH].[HH].[HH].[HH].[HH].[HH].[HH].[HH].[Mg+2]. The van der Waals surface area contributed by atoms with Crippen molar-refractivity contribution in [1.82, 2.24) is 0 Å². The van der Waals surface area contributed by atoms with E-state index in [2.05, 4.69) is 126 Å². The van der Waals surface area contributed by atoms with E-state index >= 15 is 0 Å². The van der Waals surface area contributed by atoms with Crippen molar-refractivity contribution in [2.75, 3.05) is 32.3 Å². The molecule has 0 aromatic carbocycles. The molecule has 0 aromatic rings. The molecular formula is C46H84BrClMgO3. The van der Waals surface area contributed by atoms with E-state index in [-0.39, 0.29) is 62.9 Å². The van der Waals surface area contributed by atoms with Gasteiger partial charge in [0.25, 0.3) is 0 Å². The molecule has 0 N–H and O–H groups in total. The Bertz CT molecular complexity index is 1450. The quantitative estimate of drug-likeness (QED) is 0.0367. The Morgan fingerprint density at radius 2 is 0.981 bits per heavy atom. The van der Waals surface area contributed by atoms with Crippen molar-refractivity contribution in [3.63, 3.8) is 0 Å². The van der Waals surface area contributed by atoms with E-state index < -0.39 is 0 Å². The molecule has 6 heteroatoms. The first-order valence-electron chi connectivity index (χ1n) is 17.9. The number of halogens is 2. The van der Waals surface area contributed by atoms with Gasteiger partial charge in [0.2, 0.25) is 0 Å². The topological polar surface area (TPSA) is 34.3 Å². The Hall–Kier alpha value is -3.06. The van der Waals surface area contributed by atoms with Crippen molar-refractivity contribution < 1.29 is 54.0 Å². The molecule has 3 fully saturated rings. The van der Waals surface area contributed by atoms with E-state index in [9.17, 15) is 0 Å². The van der Waals surface area contributed by atoms with Crippen LogP contribution in [0.3, 0.4) is 0 Å².